The minimum Gasteiger partial charge on any atom is -0.308 e. The van der Waals surface area contributed by atoms with Gasteiger partial charge in [0.05, 0.1) is 23.6 Å². The molecule has 0 saturated carbocycles. The van der Waals surface area contributed by atoms with Crippen LogP contribution >= 0.6 is 0 Å². The molecule has 1 atom stereocenters. The van der Waals surface area contributed by atoms with E-state index in [1.54, 1.807) is 0 Å². The summed E-state index contributed by atoms with van der Waals surface area (Å²) < 4.78 is 3.85. The van der Waals surface area contributed by atoms with Gasteiger partial charge in [-0.2, -0.15) is 10.2 Å². The normalized spacial score (nSPS) is 12.9. The average molecular weight is 233 g/mol. The van der Waals surface area contributed by atoms with Gasteiger partial charge in [0.15, 0.2) is 0 Å². The second kappa shape index (κ2) is 4.71. The molecule has 2 rings (SSSR count). The van der Waals surface area contributed by atoms with Gasteiger partial charge >= 0.3 is 0 Å². The van der Waals surface area contributed by atoms with E-state index in [0.29, 0.717) is 0 Å². The van der Waals surface area contributed by atoms with Gasteiger partial charge in [-0.3, -0.25) is 9.36 Å². The molecule has 1 unspecified atom stereocenters. The van der Waals surface area contributed by atoms with Crippen molar-refractivity contribution in [2.75, 3.05) is 7.05 Å². The van der Waals surface area contributed by atoms with Crippen molar-refractivity contribution in [3.05, 3.63) is 35.4 Å². The van der Waals surface area contributed by atoms with E-state index in [-0.39, 0.29) is 6.04 Å². The number of hydrogen-bond donors (Lipinski definition) is 1. The molecular formula is C12H19N5. The van der Waals surface area contributed by atoms with Crippen molar-refractivity contribution in [2.45, 2.75) is 26.4 Å². The number of nitrogens with one attached hydrogen (secondary N) is 1. The van der Waals surface area contributed by atoms with Crippen molar-refractivity contribution in [1.29, 1.82) is 0 Å². The van der Waals surface area contributed by atoms with Gasteiger partial charge in [-0.15, -0.1) is 0 Å². The topological polar surface area (TPSA) is 47.7 Å². The molecule has 1 N–H and O–H groups in total. The second-order valence-electron chi connectivity index (χ2n) is 4.19. The first kappa shape index (κ1) is 11.9. The summed E-state index contributed by atoms with van der Waals surface area (Å²) in [6.07, 6.45) is 3.98. The number of nitrogens with zero attached hydrogens (tertiary/aromatic N) is 4. The molecule has 0 bridgehead atoms. The minimum atomic E-state index is 0.140. The summed E-state index contributed by atoms with van der Waals surface area (Å²) >= 11 is 0. The van der Waals surface area contributed by atoms with E-state index in [4.69, 9.17) is 0 Å². The maximum Gasteiger partial charge on any atom is 0.0776 e. The molecule has 2 heterocycles. The third-order valence-corrected chi connectivity index (χ3v) is 2.93. The van der Waals surface area contributed by atoms with Gasteiger partial charge < -0.3 is 5.32 Å². The standard InChI is InChI=1S/C12H19N5/c1-5-17-8-10(7-14-17)12(13-3)11-6-9(2)15-16(11)4/h6-8,12-13H,5H2,1-4H3. The molecule has 0 fully saturated rings. The van der Waals surface area contributed by atoms with Crippen LogP contribution in [0, 0.1) is 6.92 Å². The van der Waals surface area contributed by atoms with E-state index in [9.17, 15) is 0 Å². The summed E-state index contributed by atoms with van der Waals surface area (Å²) in [6.45, 7) is 4.98. The molecule has 0 spiro atoms. The lowest BCUT2D eigenvalue weighted by atomic mass is 10.1. The molecule has 0 aromatic carbocycles. The van der Waals surface area contributed by atoms with E-state index in [1.165, 1.54) is 0 Å². The molecule has 92 valence electrons. The molecule has 0 aliphatic rings. The summed E-state index contributed by atoms with van der Waals surface area (Å²) in [5.41, 5.74) is 3.35. The van der Waals surface area contributed by atoms with Crippen LogP contribution in [0.5, 0.6) is 0 Å². The number of hydrogen-bond acceptors (Lipinski definition) is 3. The molecule has 0 saturated heterocycles. The Hall–Kier alpha value is -1.62. The van der Waals surface area contributed by atoms with Crippen molar-refractivity contribution in [3.8, 4) is 0 Å². The molecule has 2 aromatic rings. The van der Waals surface area contributed by atoms with Gasteiger partial charge in [-0.05, 0) is 27.0 Å². The van der Waals surface area contributed by atoms with Crippen LogP contribution < -0.4 is 5.32 Å². The predicted molar refractivity (Wildman–Crippen MR) is 66.7 cm³/mol. The highest BCUT2D eigenvalue weighted by Gasteiger charge is 2.17. The van der Waals surface area contributed by atoms with Crippen LogP contribution in [-0.4, -0.2) is 26.6 Å². The molecule has 5 heteroatoms. The zero-order chi connectivity index (χ0) is 12.4. The molecular weight excluding hydrogens is 214 g/mol. The van der Waals surface area contributed by atoms with Crippen molar-refractivity contribution in [3.63, 3.8) is 0 Å². The van der Waals surface area contributed by atoms with Gasteiger partial charge in [-0.25, -0.2) is 0 Å². The van der Waals surface area contributed by atoms with Crippen molar-refractivity contribution in [1.82, 2.24) is 24.9 Å². The summed E-state index contributed by atoms with van der Waals surface area (Å²) in [5.74, 6) is 0. The van der Waals surface area contributed by atoms with E-state index in [1.807, 2.05) is 36.6 Å². The van der Waals surface area contributed by atoms with Crippen LogP contribution in [-0.2, 0) is 13.6 Å². The first-order chi connectivity index (χ1) is 8.15. The van der Waals surface area contributed by atoms with Gasteiger partial charge in [0.1, 0.15) is 0 Å². The highest BCUT2D eigenvalue weighted by atomic mass is 15.3. The van der Waals surface area contributed by atoms with Crippen LogP contribution in [0.1, 0.15) is 29.9 Å². The quantitative estimate of drug-likeness (QED) is 0.864. The Labute approximate surface area is 101 Å². The van der Waals surface area contributed by atoms with Gasteiger partial charge in [0.25, 0.3) is 0 Å². The van der Waals surface area contributed by atoms with Crippen LogP contribution in [0.15, 0.2) is 18.5 Å². The highest BCUT2D eigenvalue weighted by molar-refractivity contribution is 5.25. The zero-order valence-electron chi connectivity index (χ0n) is 10.8. The lowest BCUT2D eigenvalue weighted by Crippen LogP contribution is -2.20. The molecule has 17 heavy (non-hydrogen) atoms. The maximum absolute atomic E-state index is 4.38. The van der Waals surface area contributed by atoms with Crippen LogP contribution in [0.4, 0.5) is 0 Å². The zero-order valence-corrected chi connectivity index (χ0v) is 10.8. The lowest BCUT2D eigenvalue weighted by Gasteiger charge is -2.14. The summed E-state index contributed by atoms with van der Waals surface area (Å²) in [6, 6.07) is 2.24. The van der Waals surface area contributed by atoms with Crippen LogP contribution in [0.25, 0.3) is 0 Å². The van der Waals surface area contributed by atoms with E-state index < -0.39 is 0 Å². The third-order valence-electron chi connectivity index (χ3n) is 2.93. The Morgan fingerprint density at radius 1 is 1.47 bits per heavy atom. The SMILES string of the molecule is CCn1cc(C(NC)c2cc(C)nn2C)cn1. The molecule has 5 nitrogen and oxygen atoms in total. The molecule has 0 aliphatic carbocycles. The summed E-state index contributed by atoms with van der Waals surface area (Å²) in [7, 11) is 3.92. The monoisotopic (exact) mass is 233 g/mol. The van der Waals surface area contributed by atoms with Crippen LogP contribution in [0.2, 0.25) is 0 Å². The fourth-order valence-corrected chi connectivity index (χ4v) is 2.09. The lowest BCUT2D eigenvalue weighted by molar-refractivity contribution is 0.602. The smallest absolute Gasteiger partial charge is 0.0776 e. The van der Waals surface area contributed by atoms with E-state index >= 15 is 0 Å². The summed E-state index contributed by atoms with van der Waals surface area (Å²) in [5, 5.41) is 12.0. The Kier molecular flexibility index (Phi) is 3.28. The number of aryl methyl sites for hydroxylation is 3. The Balaban J connectivity index is 2.36. The second-order valence-corrected chi connectivity index (χ2v) is 4.19. The molecule has 2 aromatic heterocycles. The molecule has 0 amide bonds. The number of rotatable bonds is 4. The molecule has 0 aliphatic heterocycles. The van der Waals surface area contributed by atoms with Gasteiger partial charge in [0.2, 0.25) is 0 Å². The van der Waals surface area contributed by atoms with E-state index in [2.05, 4.69) is 34.7 Å². The first-order valence-corrected chi connectivity index (χ1v) is 5.85. The van der Waals surface area contributed by atoms with Gasteiger partial charge in [0, 0.05) is 25.4 Å². The van der Waals surface area contributed by atoms with Crippen molar-refractivity contribution >= 4 is 0 Å². The third kappa shape index (κ3) is 2.24. The Bertz CT molecular complexity index is 497. The fourth-order valence-electron chi connectivity index (χ4n) is 2.09. The van der Waals surface area contributed by atoms with Gasteiger partial charge in [-0.1, -0.05) is 0 Å². The summed E-state index contributed by atoms with van der Waals surface area (Å²) in [4.78, 5) is 0. The van der Waals surface area contributed by atoms with E-state index in [0.717, 1.165) is 23.5 Å². The Morgan fingerprint density at radius 2 is 2.24 bits per heavy atom. The minimum absolute atomic E-state index is 0.140. The van der Waals surface area contributed by atoms with Crippen molar-refractivity contribution < 1.29 is 0 Å². The fraction of sp³-hybridized carbons (Fsp3) is 0.500. The molecule has 0 radical (unpaired) electrons. The average Bonchev–Trinajstić information content (AvgIpc) is 2.88. The maximum atomic E-state index is 4.38. The Morgan fingerprint density at radius 3 is 2.71 bits per heavy atom. The van der Waals surface area contributed by atoms with Crippen molar-refractivity contribution in [2.24, 2.45) is 7.05 Å². The first-order valence-electron chi connectivity index (χ1n) is 5.85. The van der Waals surface area contributed by atoms with Crippen LogP contribution in [0.3, 0.4) is 0 Å². The number of aromatic nitrogens is 4. The largest absolute Gasteiger partial charge is 0.308 e. The predicted octanol–water partition coefficient (Wildman–Crippen LogP) is 1.25. The highest BCUT2D eigenvalue weighted by Crippen LogP contribution is 2.21.